The van der Waals surface area contributed by atoms with E-state index in [0.29, 0.717) is 0 Å². The molecule has 0 aromatic carbocycles. The standard InChI is InChI=1S/C9H18O6/c1-12-4-5-7(13-2)6(10)8(14-3)9(11)15-5/h5-11H,4H2,1-3H3/t5-,6+,7-,8-,9-/m1/s1. The van der Waals surface area contributed by atoms with E-state index in [1.54, 1.807) is 0 Å². The van der Waals surface area contributed by atoms with Crippen LogP contribution in [0, 0.1) is 0 Å². The monoisotopic (exact) mass is 222 g/mol. The van der Waals surface area contributed by atoms with Gasteiger partial charge in [0, 0.05) is 21.3 Å². The maximum Gasteiger partial charge on any atom is 0.184 e. The second kappa shape index (κ2) is 5.74. The third kappa shape index (κ3) is 2.66. The first-order chi connectivity index (χ1) is 7.15. The molecule has 0 radical (unpaired) electrons. The van der Waals surface area contributed by atoms with Gasteiger partial charge >= 0.3 is 0 Å². The van der Waals surface area contributed by atoms with Crippen molar-refractivity contribution in [3.8, 4) is 0 Å². The summed E-state index contributed by atoms with van der Waals surface area (Å²) in [6, 6.07) is 0. The van der Waals surface area contributed by atoms with E-state index in [1.165, 1.54) is 21.3 Å². The molecule has 0 spiro atoms. The molecular formula is C9H18O6. The van der Waals surface area contributed by atoms with Gasteiger partial charge in [-0.2, -0.15) is 0 Å². The van der Waals surface area contributed by atoms with E-state index < -0.39 is 30.7 Å². The molecule has 2 N–H and O–H groups in total. The number of aliphatic hydroxyl groups excluding tert-OH is 2. The van der Waals surface area contributed by atoms with E-state index in [-0.39, 0.29) is 6.61 Å². The van der Waals surface area contributed by atoms with Crippen molar-refractivity contribution in [2.75, 3.05) is 27.9 Å². The first-order valence-electron chi connectivity index (χ1n) is 4.71. The molecule has 1 fully saturated rings. The van der Waals surface area contributed by atoms with Crippen LogP contribution in [0.1, 0.15) is 0 Å². The summed E-state index contributed by atoms with van der Waals surface area (Å²) in [4.78, 5) is 0. The zero-order chi connectivity index (χ0) is 11.4. The number of methoxy groups -OCH3 is 3. The van der Waals surface area contributed by atoms with Gasteiger partial charge in [0.2, 0.25) is 0 Å². The molecule has 5 atom stereocenters. The SMILES string of the molecule is COC[C@H]1O[C@@H](O)[C@H](OC)[C@@H](O)[C@@H]1OC. The van der Waals surface area contributed by atoms with Crippen molar-refractivity contribution in [3.05, 3.63) is 0 Å². The first kappa shape index (κ1) is 12.8. The highest BCUT2D eigenvalue weighted by molar-refractivity contribution is 4.90. The van der Waals surface area contributed by atoms with Crippen LogP contribution in [0.4, 0.5) is 0 Å². The highest BCUT2D eigenvalue weighted by atomic mass is 16.7. The summed E-state index contributed by atoms with van der Waals surface area (Å²) in [5.74, 6) is 0. The number of hydrogen-bond acceptors (Lipinski definition) is 6. The Balaban J connectivity index is 2.70. The van der Waals surface area contributed by atoms with E-state index >= 15 is 0 Å². The van der Waals surface area contributed by atoms with Gasteiger partial charge < -0.3 is 29.2 Å². The Hall–Kier alpha value is -0.240. The number of rotatable bonds is 4. The fourth-order valence-corrected chi connectivity index (χ4v) is 1.75. The smallest absolute Gasteiger partial charge is 0.184 e. The second-order valence-corrected chi connectivity index (χ2v) is 3.41. The Morgan fingerprint density at radius 3 is 2.13 bits per heavy atom. The van der Waals surface area contributed by atoms with E-state index in [0.717, 1.165) is 0 Å². The van der Waals surface area contributed by atoms with Gasteiger partial charge in [0.15, 0.2) is 6.29 Å². The molecule has 6 heteroatoms. The average molecular weight is 222 g/mol. The van der Waals surface area contributed by atoms with Gasteiger partial charge in [-0.05, 0) is 0 Å². The molecule has 0 aliphatic carbocycles. The van der Waals surface area contributed by atoms with E-state index in [1.807, 2.05) is 0 Å². The van der Waals surface area contributed by atoms with Crippen LogP contribution in [0.2, 0.25) is 0 Å². The molecule has 0 aromatic rings. The molecule has 15 heavy (non-hydrogen) atoms. The summed E-state index contributed by atoms with van der Waals surface area (Å²) in [5.41, 5.74) is 0. The van der Waals surface area contributed by atoms with Crippen LogP contribution in [0.25, 0.3) is 0 Å². The molecule has 1 aliphatic heterocycles. The minimum atomic E-state index is -1.17. The molecule has 90 valence electrons. The maximum absolute atomic E-state index is 9.85. The summed E-state index contributed by atoms with van der Waals surface area (Å²) in [6.07, 6.45) is -3.99. The predicted octanol–water partition coefficient (Wildman–Crippen LogP) is -1.26. The summed E-state index contributed by atoms with van der Waals surface area (Å²) < 4.78 is 20.2. The molecule has 1 heterocycles. The molecule has 1 aliphatic rings. The zero-order valence-corrected chi connectivity index (χ0v) is 9.12. The van der Waals surface area contributed by atoms with Crippen LogP contribution in [0.15, 0.2) is 0 Å². The normalized spacial score (nSPS) is 41.8. The number of ether oxygens (including phenoxy) is 4. The van der Waals surface area contributed by atoms with Gasteiger partial charge in [0.25, 0.3) is 0 Å². The number of aliphatic hydroxyl groups is 2. The molecule has 0 amide bonds. The summed E-state index contributed by atoms with van der Waals surface area (Å²) in [5, 5.41) is 19.4. The summed E-state index contributed by atoms with van der Waals surface area (Å²) in [7, 11) is 4.37. The number of hydrogen-bond donors (Lipinski definition) is 2. The van der Waals surface area contributed by atoms with Crippen LogP contribution in [0.5, 0.6) is 0 Å². The van der Waals surface area contributed by atoms with Gasteiger partial charge in [-0.25, -0.2) is 0 Å². The maximum atomic E-state index is 9.85. The fourth-order valence-electron chi connectivity index (χ4n) is 1.75. The van der Waals surface area contributed by atoms with Crippen molar-refractivity contribution in [2.24, 2.45) is 0 Å². The zero-order valence-electron chi connectivity index (χ0n) is 9.12. The largest absolute Gasteiger partial charge is 0.387 e. The van der Waals surface area contributed by atoms with Gasteiger partial charge in [-0.3, -0.25) is 0 Å². The molecule has 0 bridgehead atoms. The van der Waals surface area contributed by atoms with E-state index in [4.69, 9.17) is 18.9 Å². The topological polar surface area (TPSA) is 77.4 Å². The average Bonchev–Trinajstić information content (AvgIpc) is 2.19. The molecular weight excluding hydrogens is 204 g/mol. The molecule has 1 rings (SSSR count). The Kier molecular flexibility index (Phi) is 4.91. The second-order valence-electron chi connectivity index (χ2n) is 3.41. The third-order valence-corrected chi connectivity index (χ3v) is 2.51. The van der Waals surface area contributed by atoms with Crippen LogP contribution >= 0.6 is 0 Å². The van der Waals surface area contributed by atoms with Gasteiger partial charge in [-0.15, -0.1) is 0 Å². The lowest BCUT2D eigenvalue weighted by atomic mass is 9.99. The highest BCUT2D eigenvalue weighted by Crippen LogP contribution is 2.23. The van der Waals surface area contributed by atoms with Crippen molar-refractivity contribution < 1.29 is 29.2 Å². The van der Waals surface area contributed by atoms with E-state index in [9.17, 15) is 10.2 Å². The fraction of sp³-hybridized carbons (Fsp3) is 1.00. The Morgan fingerprint density at radius 2 is 1.67 bits per heavy atom. The molecule has 0 aromatic heterocycles. The lowest BCUT2D eigenvalue weighted by molar-refractivity contribution is -0.296. The minimum absolute atomic E-state index is 0.239. The van der Waals surface area contributed by atoms with Crippen molar-refractivity contribution in [1.29, 1.82) is 0 Å². The van der Waals surface area contributed by atoms with Crippen LogP contribution in [-0.2, 0) is 18.9 Å². The minimum Gasteiger partial charge on any atom is -0.387 e. The van der Waals surface area contributed by atoms with Gasteiger partial charge in [0.05, 0.1) is 6.61 Å². The Bertz CT molecular complexity index is 185. The first-order valence-corrected chi connectivity index (χ1v) is 4.71. The Labute approximate surface area is 88.7 Å². The molecule has 0 saturated carbocycles. The summed E-state index contributed by atoms with van der Waals surface area (Å²) >= 11 is 0. The van der Waals surface area contributed by atoms with Gasteiger partial charge in [0.1, 0.15) is 24.4 Å². The predicted molar refractivity (Wildman–Crippen MR) is 50.4 cm³/mol. The molecule has 1 saturated heterocycles. The lowest BCUT2D eigenvalue weighted by Crippen LogP contribution is -2.59. The van der Waals surface area contributed by atoms with Crippen LogP contribution < -0.4 is 0 Å². The summed E-state index contributed by atoms with van der Waals surface area (Å²) in [6.45, 7) is 0.239. The van der Waals surface area contributed by atoms with Crippen molar-refractivity contribution in [2.45, 2.75) is 30.7 Å². The quantitative estimate of drug-likeness (QED) is 0.618. The third-order valence-electron chi connectivity index (χ3n) is 2.51. The lowest BCUT2D eigenvalue weighted by Gasteiger charge is -2.41. The van der Waals surface area contributed by atoms with E-state index in [2.05, 4.69) is 0 Å². The van der Waals surface area contributed by atoms with Gasteiger partial charge in [-0.1, -0.05) is 0 Å². The molecule has 0 unspecified atom stereocenters. The van der Waals surface area contributed by atoms with Crippen LogP contribution in [0.3, 0.4) is 0 Å². The molecule has 6 nitrogen and oxygen atoms in total. The van der Waals surface area contributed by atoms with Crippen LogP contribution in [-0.4, -0.2) is 68.9 Å². The highest BCUT2D eigenvalue weighted by Gasteiger charge is 2.45. The van der Waals surface area contributed by atoms with Crippen molar-refractivity contribution >= 4 is 0 Å². The van der Waals surface area contributed by atoms with Crippen molar-refractivity contribution in [3.63, 3.8) is 0 Å². The van der Waals surface area contributed by atoms with Crippen molar-refractivity contribution in [1.82, 2.24) is 0 Å². The Morgan fingerprint density at radius 1 is 1.07 bits per heavy atom.